The lowest BCUT2D eigenvalue weighted by Crippen LogP contribution is -2.37. The molecule has 0 aliphatic carbocycles. The van der Waals surface area contributed by atoms with Crippen LogP contribution in [0.1, 0.15) is 51.4 Å². The number of hydrogen-bond acceptors (Lipinski definition) is 16. The van der Waals surface area contributed by atoms with E-state index < -0.39 is 111 Å². The molecule has 0 unspecified atom stereocenters. The monoisotopic (exact) mass is 744 g/mol. The lowest BCUT2D eigenvalue weighted by molar-refractivity contribution is -0.143. The number of carboxylic acids is 8. The maximum absolute atomic E-state index is 9.64. The van der Waals surface area contributed by atoms with Crippen LogP contribution in [0.3, 0.4) is 0 Å². The Hall–Kier alpha value is -4.56. The molecule has 0 fully saturated rings. The van der Waals surface area contributed by atoms with Gasteiger partial charge in [-0.3, -0.25) is 38.4 Å². The van der Waals surface area contributed by atoms with Gasteiger partial charge < -0.3 is 81.7 Å². The fourth-order valence-corrected chi connectivity index (χ4v) is 1.46. The fraction of sp³-hybridized carbons (Fsp3) is 0.692. The first-order valence-electron chi connectivity index (χ1n) is 13.6. The molecule has 50 heavy (non-hydrogen) atoms. The van der Waals surface area contributed by atoms with Crippen molar-refractivity contribution in [2.75, 3.05) is 52.9 Å². The Morgan fingerprint density at radius 2 is 0.320 bits per heavy atom. The Balaban J connectivity index is -0.000000116. The first-order valence-corrected chi connectivity index (χ1v) is 13.6. The van der Waals surface area contributed by atoms with Crippen LogP contribution >= 0.6 is 0 Å². The zero-order chi connectivity index (χ0) is 40.9. The van der Waals surface area contributed by atoms with Gasteiger partial charge in [0.1, 0.15) is 0 Å². The molecule has 0 aliphatic heterocycles. The number of aliphatic hydroxyl groups is 8. The van der Waals surface area contributed by atoms with Crippen LogP contribution < -0.4 is 0 Å². The fourth-order valence-electron chi connectivity index (χ4n) is 1.46. The van der Waals surface area contributed by atoms with E-state index in [4.69, 9.17) is 81.7 Å². The molecule has 0 spiro atoms. The average molecular weight is 745 g/mol. The highest BCUT2D eigenvalue weighted by atomic mass is 16.4. The molecule has 24 nitrogen and oxygen atoms in total. The second-order valence-electron chi connectivity index (χ2n) is 9.41. The standard InChI is InChI=1S/2C5H12O4.4C4H6O4/c2*6-1-5(2-7,3-8)4-9;4*5-3(6)1-2-4(7)8/h2*6-9H,1-4H2;4*1-2H2,(H,5,6)(H,7,8). The number of aliphatic carboxylic acids is 8. The zero-order valence-electron chi connectivity index (χ0n) is 26.7. The van der Waals surface area contributed by atoms with Gasteiger partial charge in [-0.05, 0) is 0 Å². The third kappa shape index (κ3) is 50.3. The smallest absolute Gasteiger partial charge is 0.303 e. The van der Waals surface area contributed by atoms with Crippen molar-refractivity contribution >= 4 is 47.8 Å². The first kappa shape index (κ1) is 57.7. The molecule has 0 atom stereocenters. The van der Waals surface area contributed by atoms with Crippen LogP contribution in [-0.4, -0.2) is 182 Å². The number of hydrogen-bond donors (Lipinski definition) is 16. The summed E-state index contributed by atoms with van der Waals surface area (Å²) in [5.41, 5.74) is -2.22. The number of carboxylic acid groups (broad SMARTS) is 8. The molecule has 0 aromatic heterocycles. The van der Waals surface area contributed by atoms with Gasteiger partial charge in [0.05, 0.1) is 115 Å². The van der Waals surface area contributed by atoms with Gasteiger partial charge in [-0.2, -0.15) is 0 Å². The minimum absolute atomic E-state index is 0.296. The van der Waals surface area contributed by atoms with Crippen LogP contribution in [0.4, 0.5) is 0 Å². The maximum Gasteiger partial charge on any atom is 0.303 e. The summed E-state index contributed by atoms with van der Waals surface area (Å²) < 4.78 is 0. The van der Waals surface area contributed by atoms with Crippen LogP contribution in [0.5, 0.6) is 0 Å². The van der Waals surface area contributed by atoms with E-state index in [1.165, 1.54) is 0 Å². The van der Waals surface area contributed by atoms with E-state index in [9.17, 15) is 38.4 Å². The Kier molecular flexibility index (Phi) is 43.0. The first-order chi connectivity index (χ1) is 23.0. The normalized spacial score (nSPS) is 9.76. The molecule has 0 saturated carbocycles. The molecule has 16 N–H and O–H groups in total. The highest BCUT2D eigenvalue weighted by molar-refractivity contribution is 5.76. The van der Waals surface area contributed by atoms with E-state index in [2.05, 4.69) is 0 Å². The Morgan fingerprint density at radius 3 is 0.340 bits per heavy atom. The van der Waals surface area contributed by atoms with Crippen LogP contribution in [0.2, 0.25) is 0 Å². The van der Waals surface area contributed by atoms with Crippen molar-refractivity contribution in [1.29, 1.82) is 0 Å². The Bertz CT molecular complexity index is 733. The van der Waals surface area contributed by atoms with Crippen LogP contribution in [0.15, 0.2) is 0 Å². The average Bonchev–Trinajstić information content (AvgIpc) is 3.05. The molecular formula is C26H48O24. The van der Waals surface area contributed by atoms with Crippen molar-refractivity contribution in [2.45, 2.75) is 51.4 Å². The third-order valence-corrected chi connectivity index (χ3v) is 4.89. The Morgan fingerprint density at radius 1 is 0.240 bits per heavy atom. The van der Waals surface area contributed by atoms with Crippen molar-refractivity contribution in [2.24, 2.45) is 10.8 Å². The molecule has 0 radical (unpaired) electrons. The number of carbonyl (C=O) groups is 8. The van der Waals surface area contributed by atoms with Gasteiger partial charge in [0, 0.05) is 0 Å². The van der Waals surface area contributed by atoms with Gasteiger partial charge in [0.25, 0.3) is 0 Å². The summed E-state index contributed by atoms with van der Waals surface area (Å²) >= 11 is 0. The molecular weight excluding hydrogens is 696 g/mol. The topological polar surface area (TPSA) is 460 Å². The molecule has 0 saturated heterocycles. The molecule has 296 valence electrons. The van der Waals surface area contributed by atoms with Crippen LogP contribution in [0, 0.1) is 10.8 Å². The van der Waals surface area contributed by atoms with Gasteiger partial charge in [-0.15, -0.1) is 0 Å². The van der Waals surface area contributed by atoms with E-state index in [-0.39, 0.29) is 51.4 Å². The lowest BCUT2D eigenvalue weighted by atomic mass is 9.93. The summed E-state index contributed by atoms with van der Waals surface area (Å²) in [6.45, 7) is -3.25. The van der Waals surface area contributed by atoms with Gasteiger partial charge >= 0.3 is 47.8 Å². The van der Waals surface area contributed by atoms with Crippen molar-refractivity contribution in [3.63, 3.8) is 0 Å². The van der Waals surface area contributed by atoms with Gasteiger partial charge in [0.15, 0.2) is 0 Å². The van der Waals surface area contributed by atoms with Crippen LogP contribution in [0.25, 0.3) is 0 Å². The lowest BCUT2D eigenvalue weighted by Gasteiger charge is -2.23. The SMILES string of the molecule is O=C(O)CCC(=O)O.O=C(O)CCC(=O)O.O=C(O)CCC(=O)O.O=C(O)CCC(=O)O.OCC(CO)(CO)CO.OCC(CO)(CO)CO. The second-order valence-corrected chi connectivity index (χ2v) is 9.41. The predicted molar refractivity (Wildman–Crippen MR) is 160 cm³/mol. The molecule has 24 heteroatoms. The van der Waals surface area contributed by atoms with Crippen molar-refractivity contribution in [3.05, 3.63) is 0 Å². The second kappa shape index (κ2) is 37.3. The highest BCUT2D eigenvalue weighted by Crippen LogP contribution is 2.12. The molecule has 0 aliphatic rings. The molecule has 0 bridgehead atoms. The largest absolute Gasteiger partial charge is 0.481 e. The van der Waals surface area contributed by atoms with Crippen LogP contribution in [-0.2, 0) is 38.4 Å². The van der Waals surface area contributed by atoms with Crippen molar-refractivity contribution < 1.29 is 120 Å². The molecule has 0 aromatic rings. The van der Waals surface area contributed by atoms with Gasteiger partial charge in [0.2, 0.25) is 0 Å². The molecule has 0 heterocycles. The quantitative estimate of drug-likeness (QED) is 0.0559. The summed E-state index contributed by atoms with van der Waals surface area (Å²) in [6, 6.07) is 0. The van der Waals surface area contributed by atoms with E-state index in [1.807, 2.05) is 0 Å². The maximum atomic E-state index is 9.64. The summed E-state index contributed by atoms with van der Waals surface area (Å²) in [4.78, 5) is 77.1. The Labute approximate surface area is 283 Å². The van der Waals surface area contributed by atoms with E-state index >= 15 is 0 Å². The predicted octanol–water partition coefficient (Wildman–Crippen LogP) is -4.37. The van der Waals surface area contributed by atoms with E-state index in [0.29, 0.717) is 0 Å². The molecule has 0 amide bonds. The van der Waals surface area contributed by atoms with Gasteiger partial charge in [-0.1, -0.05) is 0 Å². The highest BCUT2D eigenvalue weighted by Gasteiger charge is 2.27. The molecule has 0 rings (SSSR count). The van der Waals surface area contributed by atoms with E-state index in [1.54, 1.807) is 0 Å². The third-order valence-electron chi connectivity index (χ3n) is 4.89. The van der Waals surface area contributed by atoms with Crippen molar-refractivity contribution in [1.82, 2.24) is 0 Å². The van der Waals surface area contributed by atoms with E-state index in [0.717, 1.165) is 0 Å². The minimum atomic E-state index is -1.11. The minimum Gasteiger partial charge on any atom is -0.481 e. The van der Waals surface area contributed by atoms with Crippen molar-refractivity contribution in [3.8, 4) is 0 Å². The summed E-state index contributed by atoms with van der Waals surface area (Å²) in [6.07, 6.45) is -2.37. The summed E-state index contributed by atoms with van der Waals surface area (Å²) in [5.74, 6) is -8.61. The zero-order valence-corrected chi connectivity index (χ0v) is 26.7. The number of rotatable bonds is 20. The summed E-state index contributed by atoms with van der Waals surface area (Å²) in [7, 11) is 0. The van der Waals surface area contributed by atoms with Gasteiger partial charge in [-0.25, -0.2) is 0 Å². The molecule has 0 aromatic carbocycles. The number of aliphatic hydroxyl groups excluding tert-OH is 8. The summed E-state index contributed by atoms with van der Waals surface area (Å²) in [5, 5.41) is 131.